The van der Waals surface area contributed by atoms with Crippen LogP contribution in [0.2, 0.25) is 0 Å². The van der Waals surface area contributed by atoms with Gasteiger partial charge in [-0.2, -0.15) is 0 Å². The van der Waals surface area contributed by atoms with E-state index in [0.29, 0.717) is 0 Å². The number of fused-ring (bicyclic) bond motifs is 11. The second-order valence-electron chi connectivity index (χ2n) is 14.0. The van der Waals surface area contributed by atoms with Crippen molar-refractivity contribution < 1.29 is 0 Å². The van der Waals surface area contributed by atoms with E-state index < -0.39 is 5.41 Å². The Labute approximate surface area is 318 Å². The summed E-state index contributed by atoms with van der Waals surface area (Å²) in [4.78, 5) is 13.4. The van der Waals surface area contributed by atoms with E-state index in [4.69, 9.17) is 9.97 Å². The van der Waals surface area contributed by atoms with Crippen molar-refractivity contribution in [3.05, 3.63) is 216 Å². The first-order valence-electron chi connectivity index (χ1n) is 18.4. The Morgan fingerprint density at radius 2 is 0.889 bits per heavy atom. The number of hydrogen-bond donors (Lipinski definition) is 0. The third kappa shape index (κ3) is 4.55. The van der Waals surface area contributed by atoms with Crippen molar-refractivity contribution in [2.75, 3.05) is 0 Å². The van der Waals surface area contributed by atoms with Gasteiger partial charge in [-0.05, 0) is 61.3 Å². The van der Waals surface area contributed by atoms with Gasteiger partial charge in [0.1, 0.15) is 0 Å². The van der Waals surface area contributed by atoms with Gasteiger partial charge < -0.3 is 0 Å². The summed E-state index contributed by atoms with van der Waals surface area (Å²) >= 11 is 1.87. The molecule has 1 aliphatic carbocycles. The predicted molar refractivity (Wildman–Crippen MR) is 223 cm³/mol. The normalized spacial score (nSPS) is 13.3. The molecule has 0 fully saturated rings. The molecular formula is C51H32N2S. The molecule has 0 bridgehead atoms. The van der Waals surface area contributed by atoms with Crippen LogP contribution in [-0.2, 0) is 5.41 Å². The van der Waals surface area contributed by atoms with Gasteiger partial charge in [0.05, 0.1) is 16.8 Å². The topological polar surface area (TPSA) is 25.8 Å². The van der Waals surface area contributed by atoms with Gasteiger partial charge in [-0.1, -0.05) is 200 Å². The van der Waals surface area contributed by atoms with E-state index in [0.717, 1.165) is 45.0 Å². The van der Waals surface area contributed by atoms with Crippen molar-refractivity contribution in [1.82, 2.24) is 9.97 Å². The fourth-order valence-electron chi connectivity index (χ4n) is 8.87. The average molecular weight is 705 g/mol. The van der Waals surface area contributed by atoms with E-state index >= 15 is 0 Å². The Bertz CT molecular complexity index is 2870. The smallest absolute Gasteiger partial charge is 0.161 e. The number of nitrogens with zero attached hydrogens (tertiary/aromatic N) is 2. The summed E-state index contributed by atoms with van der Waals surface area (Å²) in [5, 5.41) is 2.50. The largest absolute Gasteiger partial charge is 0.228 e. The minimum absolute atomic E-state index is 0.511. The Balaban J connectivity index is 1.22. The standard InChI is InChI=1S/C51H32N2S/c1-3-16-33(17-4-1)36-21-9-10-25-40(36)47-32-46(35-19-5-2-6-20-35)52-50(53-47)41-26-15-29-44-49(41)54-48-37-22-8-7-18-34(37)30-31-45(48)51(44)42-27-13-11-23-38(42)39-24-12-14-28-43(39)51/h1-32H. The summed E-state index contributed by atoms with van der Waals surface area (Å²) in [5.74, 6) is 0.719. The van der Waals surface area contributed by atoms with Gasteiger partial charge >= 0.3 is 0 Å². The van der Waals surface area contributed by atoms with Crippen molar-refractivity contribution >= 4 is 22.5 Å². The molecule has 0 radical (unpaired) electrons. The van der Waals surface area contributed by atoms with Crippen LogP contribution in [-0.4, -0.2) is 9.97 Å². The molecule has 1 aliphatic heterocycles. The van der Waals surface area contributed by atoms with Crippen LogP contribution in [0, 0.1) is 0 Å². The fourth-order valence-corrected chi connectivity index (χ4v) is 10.3. The Morgan fingerprint density at radius 1 is 0.352 bits per heavy atom. The molecule has 0 saturated carbocycles. The molecule has 11 rings (SSSR count). The zero-order chi connectivity index (χ0) is 35.6. The van der Waals surface area contributed by atoms with Crippen molar-refractivity contribution in [2.45, 2.75) is 15.2 Å². The summed E-state index contributed by atoms with van der Waals surface area (Å²) < 4.78 is 0. The highest BCUT2D eigenvalue weighted by molar-refractivity contribution is 8.00. The van der Waals surface area contributed by atoms with Crippen LogP contribution in [0.5, 0.6) is 0 Å². The zero-order valence-corrected chi connectivity index (χ0v) is 30.1. The molecule has 2 aliphatic rings. The second kappa shape index (κ2) is 12.3. The molecule has 252 valence electrons. The van der Waals surface area contributed by atoms with E-state index in [2.05, 4.69) is 194 Å². The lowest BCUT2D eigenvalue weighted by molar-refractivity contribution is 0.726. The van der Waals surface area contributed by atoms with E-state index in [1.807, 2.05) is 11.8 Å². The lowest BCUT2D eigenvalue weighted by Crippen LogP contribution is -2.32. The van der Waals surface area contributed by atoms with Crippen molar-refractivity contribution in [1.29, 1.82) is 0 Å². The molecule has 54 heavy (non-hydrogen) atoms. The Hall–Kier alpha value is -6.55. The quantitative estimate of drug-likeness (QED) is 0.182. The first-order chi connectivity index (χ1) is 26.8. The lowest BCUT2D eigenvalue weighted by Gasteiger charge is -2.40. The maximum absolute atomic E-state index is 5.49. The number of hydrogen-bond acceptors (Lipinski definition) is 3. The van der Waals surface area contributed by atoms with Crippen molar-refractivity contribution in [3.8, 4) is 56.2 Å². The summed E-state index contributed by atoms with van der Waals surface area (Å²) in [6.45, 7) is 0. The number of benzene rings is 8. The third-order valence-electron chi connectivity index (χ3n) is 11.2. The van der Waals surface area contributed by atoms with Crippen LogP contribution in [0.3, 0.4) is 0 Å². The van der Waals surface area contributed by atoms with Gasteiger partial charge in [0.2, 0.25) is 0 Å². The summed E-state index contributed by atoms with van der Waals surface area (Å²) in [5.41, 5.74) is 14.6. The molecule has 8 aromatic carbocycles. The molecule has 0 unspecified atom stereocenters. The van der Waals surface area contributed by atoms with Gasteiger partial charge in [0.25, 0.3) is 0 Å². The molecule has 0 atom stereocenters. The van der Waals surface area contributed by atoms with Gasteiger partial charge in [-0.3, -0.25) is 0 Å². The van der Waals surface area contributed by atoms with E-state index in [1.165, 1.54) is 53.9 Å². The number of aromatic nitrogens is 2. The highest BCUT2D eigenvalue weighted by atomic mass is 32.2. The van der Waals surface area contributed by atoms with E-state index in [9.17, 15) is 0 Å². The SMILES string of the molecule is c1ccc(-c2cc(-c3ccccc3-c3ccccc3)nc(-c3cccc4c3Sc3c(ccc5ccccc35)C43c4ccccc4-c4ccccc43)n2)cc1. The Kier molecular flexibility index (Phi) is 7.05. The Morgan fingerprint density at radius 3 is 1.63 bits per heavy atom. The minimum atomic E-state index is -0.511. The van der Waals surface area contributed by atoms with E-state index in [1.54, 1.807) is 0 Å². The third-order valence-corrected chi connectivity index (χ3v) is 12.5. The predicted octanol–water partition coefficient (Wildman–Crippen LogP) is 13.1. The lowest BCUT2D eigenvalue weighted by atomic mass is 9.66. The van der Waals surface area contributed by atoms with Crippen molar-refractivity contribution in [2.24, 2.45) is 0 Å². The molecular weight excluding hydrogens is 673 g/mol. The average Bonchev–Trinajstić information content (AvgIpc) is 3.54. The zero-order valence-electron chi connectivity index (χ0n) is 29.3. The van der Waals surface area contributed by atoms with Crippen LogP contribution in [0.4, 0.5) is 0 Å². The summed E-state index contributed by atoms with van der Waals surface area (Å²) in [7, 11) is 0. The van der Waals surface area contributed by atoms with E-state index in [-0.39, 0.29) is 0 Å². The monoisotopic (exact) mass is 704 g/mol. The molecule has 1 spiro atoms. The molecule has 0 saturated heterocycles. The maximum Gasteiger partial charge on any atom is 0.161 e. The molecule has 1 aromatic heterocycles. The summed E-state index contributed by atoms with van der Waals surface area (Å²) in [6.07, 6.45) is 0. The highest BCUT2D eigenvalue weighted by Crippen LogP contribution is 2.64. The molecule has 0 N–H and O–H groups in total. The first kappa shape index (κ1) is 31.0. The molecule has 2 nitrogen and oxygen atoms in total. The van der Waals surface area contributed by atoms with Crippen LogP contribution < -0.4 is 0 Å². The van der Waals surface area contributed by atoms with Crippen LogP contribution >= 0.6 is 11.8 Å². The molecule has 2 heterocycles. The van der Waals surface area contributed by atoms with Gasteiger partial charge in [0, 0.05) is 26.5 Å². The van der Waals surface area contributed by atoms with Crippen molar-refractivity contribution in [3.63, 3.8) is 0 Å². The van der Waals surface area contributed by atoms with Crippen LogP contribution in [0.1, 0.15) is 22.3 Å². The molecule has 9 aromatic rings. The van der Waals surface area contributed by atoms with Crippen LogP contribution in [0.15, 0.2) is 204 Å². The van der Waals surface area contributed by atoms with Gasteiger partial charge in [-0.15, -0.1) is 0 Å². The second-order valence-corrected chi connectivity index (χ2v) is 15.0. The molecule has 0 amide bonds. The fraction of sp³-hybridized carbons (Fsp3) is 0.0196. The highest BCUT2D eigenvalue weighted by Gasteiger charge is 2.51. The van der Waals surface area contributed by atoms with Gasteiger partial charge in [0.15, 0.2) is 5.82 Å². The van der Waals surface area contributed by atoms with Gasteiger partial charge in [-0.25, -0.2) is 9.97 Å². The summed E-state index contributed by atoms with van der Waals surface area (Å²) in [6, 6.07) is 70.1. The minimum Gasteiger partial charge on any atom is -0.228 e. The molecule has 3 heteroatoms. The maximum atomic E-state index is 5.49. The van der Waals surface area contributed by atoms with Crippen LogP contribution in [0.25, 0.3) is 66.9 Å². The first-order valence-corrected chi connectivity index (χ1v) is 19.2. The number of rotatable bonds is 4.